The van der Waals surface area contributed by atoms with Crippen molar-refractivity contribution in [3.63, 3.8) is 0 Å². The van der Waals surface area contributed by atoms with E-state index in [2.05, 4.69) is 278 Å². The monoisotopic (exact) mass is 1380 g/mol. The Morgan fingerprint density at radius 2 is 0.381 bits per heavy atom. The molecule has 0 N–H and O–H groups in total. The highest BCUT2D eigenvalue weighted by atomic mass is 15.2. The summed E-state index contributed by atoms with van der Waals surface area (Å²) in [6.45, 7) is 18.5. The zero-order chi connectivity index (χ0) is 71.8. The van der Waals surface area contributed by atoms with Gasteiger partial charge in [0, 0.05) is 53.9 Å². The Hall–Kier alpha value is -10.1. The largest absolute Gasteiger partial charge is 0.306 e. The van der Waals surface area contributed by atoms with E-state index < -0.39 is 0 Å². The van der Waals surface area contributed by atoms with E-state index in [1.807, 2.05) is 0 Å². The van der Waals surface area contributed by atoms with Crippen molar-refractivity contribution in [3.05, 3.63) is 244 Å². The number of unbranched alkanes of at least 4 members (excludes halogenated alkanes) is 8. The van der Waals surface area contributed by atoms with E-state index in [-0.39, 0.29) is 0 Å². The number of benzene rings is 11. The molecule has 0 saturated carbocycles. The van der Waals surface area contributed by atoms with E-state index in [9.17, 15) is 5.26 Å². The van der Waals surface area contributed by atoms with Gasteiger partial charge in [-0.1, -0.05) is 192 Å². The molecule has 105 heavy (non-hydrogen) atoms. The van der Waals surface area contributed by atoms with Gasteiger partial charge in [0.2, 0.25) is 0 Å². The standard InChI is InChI=1S/C99H104N6/c1-9-17-29-66-41-49-87-76(57-66)74-37-25-27-39-85(74)101(87)95-84(65-100)96(102-89-51-43-68(31-19-11-3)59-78(89)79-60-69(32-20-12-4)44-52-90(79)102)98(104-91-53-45-70(33-21-13-5)61-80(91)81-62-71(34-22-14-6)46-54-92(81)104)99(97(95)103-86-40-28-26-38-75(86)77-58-67(30-18-10-2)42-50-88(77)103)105-93-55-47-72(35-23-15-7)63-82(93)83-64-73(36-24-16-8)48-56-94(83)105/h25-28,37-64H,9-24,29-36H2,1-8H3. The molecule has 11 aromatic carbocycles. The van der Waals surface area contributed by atoms with Crippen molar-refractivity contribution >= 4 is 109 Å². The molecule has 0 unspecified atom stereocenters. The van der Waals surface area contributed by atoms with Crippen LogP contribution in [0.5, 0.6) is 0 Å². The third-order valence-corrected chi connectivity index (χ3v) is 23.3. The Kier molecular flexibility index (Phi) is 19.9. The SMILES string of the molecule is CCCCc1ccc2c(c1)c1ccccc1n2-c1c(C#N)c(-n2c3ccc(CCCC)cc3c3cc(CCCC)ccc32)c(-n2c3ccc(CCCC)cc3c3cc(CCCC)ccc32)c(-n2c3ccc(CCCC)cc3c3cc(CCCC)ccc32)c1-n1c2ccccc2c2cc(CCCC)ccc21. The van der Waals surface area contributed by atoms with Crippen LogP contribution >= 0.6 is 0 Å². The Labute approximate surface area is 621 Å². The number of hydrogen-bond donors (Lipinski definition) is 0. The minimum atomic E-state index is 0.606. The molecule has 16 rings (SSSR count). The summed E-state index contributed by atoms with van der Waals surface area (Å²) in [6, 6.07) is 80.7. The number of rotatable bonds is 29. The maximum absolute atomic E-state index is 13.8. The molecule has 5 heterocycles. The Bertz CT molecular complexity index is 5800. The van der Waals surface area contributed by atoms with Crippen molar-refractivity contribution in [2.75, 3.05) is 0 Å². The average Bonchev–Trinajstić information content (AvgIpc) is 1.56. The van der Waals surface area contributed by atoms with Gasteiger partial charge < -0.3 is 22.8 Å². The second-order valence-electron chi connectivity index (χ2n) is 30.6. The first-order chi connectivity index (χ1) is 51.7. The van der Waals surface area contributed by atoms with Gasteiger partial charge in [-0.05, 0) is 256 Å². The van der Waals surface area contributed by atoms with Gasteiger partial charge >= 0.3 is 0 Å². The van der Waals surface area contributed by atoms with Gasteiger partial charge in [0.25, 0.3) is 0 Å². The van der Waals surface area contributed by atoms with Crippen LogP contribution in [0.15, 0.2) is 194 Å². The number of hydrogen-bond acceptors (Lipinski definition) is 1. The van der Waals surface area contributed by atoms with Crippen LogP contribution in [0.2, 0.25) is 0 Å². The molecular weight excluding hydrogens is 1270 g/mol. The lowest BCUT2D eigenvalue weighted by Crippen LogP contribution is -2.19. The van der Waals surface area contributed by atoms with Crippen LogP contribution in [0.25, 0.3) is 137 Å². The van der Waals surface area contributed by atoms with Crippen molar-refractivity contribution in [1.29, 1.82) is 5.26 Å². The fourth-order valence-corrected chi connectivity index (χ4v) is 17.8. The van der Waals surface area contributed by atoms with Crippen molar-refractivity contribution in [2.24, 2.45) is 0 Å². The summed E-state index contributed by atoms with van der Waals surface area (Å²) in [5.74, 6) is 0. The van der Waals surface area contributed by atoms with Crippen molar-refractivity contribution in [1.82, 2.24) is 22.8 Å². The van der Waals surface area contributed by atoms with Crippen LogP contribution in [0, 0.1) is 11.3 Å². The molecule has 16 aromatic rings. The molecule has 6 nitrogen and oxygen atoms in total. The highest BCUT2D eigenvalue weighted by Gasteiger charge is 2.37. The smallest absolute Gasteiger partial charge is 0.105 e. The fourth-order valence-electron chi connectivity index (χ4n) is 17.8. The lowest BCUT2D eigenvalue weighted by atomic mass is 10.0. The summed E-state index contributed by atoms with van der Waals surface area (Å²) >= 11 is 0. The molecule has 0 aliphatic rings. The molecule has 0 radical (unpaired) electrons. The van der Waals surface area contributed by atoms with E-state index >= 15 is 0 Å². The quantitative estimate of drug-likeness (QED) is 0.0461. The van der Waals surface area contributed by atoms with E-state index in [1.165, 1.54) is 98.4 Å². The highest BCUT2D eigenvalue weighted by Crippen LogP contribution is 2.53. The minimum absolute atomic E-state index is 0.606. The van der Waals surface area contributed by atoms with Crippen molar-refractivity contribution in [2.45, 2.75) is 209 Å². The molecule has 0 aliphatic heterocycles. The molecule has 0 fully saturated rings. The van der Waals surface area contributed by atoms with Crippen LogP contribution in [0.4, 0.5) is 0 Å². The first kappa shape index (κ1) is 69.3. The van der Waals surface area contributed by atoms with Gasteiger partial charge in [0.15, 0.2) is 0 Å². The predicted octanol–water partition coefficient (Wildman–Crippen LogP) is 27.8. The van der Waals surface area contributed by atoms with E-state index in [0.717, 1.165) is 238 Å². The number of aryl methyl sites for hydroxylation is 8. The Balaban J connectivity index is 1.24. The van der Waals surface area contributed by atoms with Gasteiger partial charge in [0.05, 0.1) is 83.6 Å². The number of nitriles is 1. The zero-order valence-corrected chi connectivity index (χ0v) is 63.6. The normalized spacial score (nSPS) is 12.1. The van der Waals surface area contributed by atoms with Crippen LogP contribution in [0.3, 0.4) is 0 Å². The second-order valence-corrected chi connectivity index (χ2v) is 30.6. The van der Waals surface area contributed by atoms with Crippen molar-refractivity contribution < 1.29 is 0 Å². The Morgan fingerprint density at radius 3 is 0.581 bits per heavy atom. The summed E-state index contributed by atoms with van der Waals surface area (Å²) in [5.41, 5.74) is 27.1. The molecule has 0 amide bonds. The molecule has 0 saturated heterocycles. The topological polar surface area (TPSA) is 48.4 Å². The van der Waals surface area contributed by atoms with Gasteiger partial charge in [-0.25, -0.2) is 0 Å². The maximum Gasteiger partial charge on any atom is 0.105 e. The minimum Gasteiger partial charge on any atom is -0.306 e. The first-order valence-corrected chi connectivity index (χ1v) is 40.6. The lowest BCUT2D eigenvalue weighted by molar-refractivity contribution is 0.795. The molecular formula is C99H104N6. The van der Waals surface area contributed by atoms with Crippen LogP contribution in [-0.2, 0) is 51.4 Å². The lowest BCUT2D eigenvalue weighted by Gasteiger charge is -2.30. The predicted molar refractivity (Wildman–Crippen MR) is 452 cm³/mol. The van der Waals surface area contributed by atoms with E-state index in [4.69, 9.17) is 0 Å². The molecule has 0 bridgehead atoms. The van der Waals surface area contributed by atoms with Gasteiger partial charge in [-0.3, -0.25) is 0 Å². The number of aromatic nitrogens is 5. The summed E-state index contributed by atoms with van der Waals surface area (Å²) in [6.07, 6.45) is 25.8. The van der Waals surface area contributed by atoms with Gasteiger partial charge in [-0.15, -0.1) is 0 Å². The van der Waals surface area contributed by atoms with Crippen molar-refractivity contribution in [3.8, 4) is 34.5 Å². The highest BCUT2D eigenvalue weighted by molar-refractivity contribution is 6.18. The summed E-state index contributed by atoms with van der Waals surface area (Å²) in [5, 5.41) is 26.0. The van der Waals surface area contributed by atoms with E-state index in [1.54, 1.807) is 0 Å². The molecule has 5 aromatic heterocycles. The fraction of sp³-hybridized carbons (Fsp3) is 0.323. The second kappa shape index (κ2) is 30.2. The third-order valence-electron chi connectivity index (χ3n) is 23.3. The molecule has 0 atom stereocenters. The van der Waals surface area contributed by atoms with Gasteiger partial charge in [0.1, 0.15) is 11.6 Å². The summed E-state index contributed by atoms with van der Waals surface area (Å²) in [4.78, 5) is 0. The molecule has 0 spiro atoms. The average molecular weight is 1380 g/mol. The first-order valence-electron chi connectivity index (χ1n) is 40.6. The van der Waals surface area contributed by atoms with Crippen LogP contribution in [0.1, 0.15) is 208 Å². The summed E-state index contributed by atoms with van der Waals surface area (Å²) < 4.78 is 13.2. The van der Waals surface area contributed by atoms with E-state index in [0.29, 0.717) is 5.56 Å². The van der Waals surface area contributed by atoms with Crippen LogP contribution in [-0.4, -0.2) is 22.8 Å². The summed E-state index contributed by atoms with van der Waals surface area (Å²) in [7, 11) is 0. The van der Waals surface area contributed by atoms with Crippen LogP contribution < -0.4 is 0 Å². The molecule has 530 valence electrons. The zero-order valence-electron chi connectivity index (χ0n) is 63.6. The Morgan fingerprint density at radius 1 is 0.210 bits per heavy atom. The third kappa shape index (κ3) is 12.3. The number of fused-ring (bicyclic) bond motifs is 15. The maximum atomic E-state index is 13.8. The van der Waals surface area contributed by atoms with Gasteiger partial charge in [-0.2, -0.15) is 5.26 Å². The number of para-hydroxylation sites is 2. The number of nitrogens with zero attached hydrogens (tertiary/aromatic N) is 6. The molecule has 0 aliphatic carbocycles. The molecule has 6 heteroatoms.